The summed E-state index contributed by atoms with van der Waals surface area (Å²) in [4.78, 5) is -0.132. The second-order valence-corrected chi connectivity index (χ2v) is 9.40. The van der Waals surface area contributed by atoms with Gasteiger partial charge in [0.2, 0.25) is 0 Å². The zero-order chi connectivity index (χ0) is 18.0. The van der Waals surface area contributed by atoms with E-state index in [4.69, 9.17) is 0 Å². The fourth-order valence-corrected chi connectivity index (χ4v) is 6.19. The lowest BCUT2D eigenvalue weighted by molar-refractivity contribution is 0.462. The molecular weight excluding hydrogens is 351 g/mol. The van der Waals surface area contributed by atoms with E-state index in [9.17, 15) is 13.0 Å². The highest BCUT2D eigenvalue weighted by atomic mass is 32.2. The maximum absolute atomic E-state index is 11.7. The smallest absolute Gasteiger partial charge is 0.124 e. The Bertz CT molecular complexity index is 945. The molecule has 0 N–H and O–H groups in total. The van der Waals surface area contributed by atoms with Gasteiger partial charge in [0, 0.05) is 0 Å². The van der Waals surface area contributed by atoms with Crippen LogP contribution in [0.4, 0.5) is 0 Å². The molecule has 3 aromatic rings. The fraction of sp³-hybridized carbons (Fsp3) is 0.100. The molecule has 0 saturated carbocycles. The minimum atomic E-state index is -4.51. The molecule has 0 heterocycles. The van der Waals surface area contributed by atoms with E-state index in [1.807, 2.05) is 67.6 Å². The van der Waals surface area contributed by atoms with Crippen LogP contribution in [0.3, 0.4) is 0 Å². The molecule has 0 aliphatic carbocycles. The van der Waals surface area contributed by atoms with Gasteiger partial charge < -0.3 is 4.55 Å². The average molecular weight is 369 g/mol. The molecule has 3 aromatic carbocycles. The molecule has 0 fully saturated rings. The minimum Gasteiger partial charge on any atom is -0.744 e. The van der Waals surface area contributed by atoms with Crippen molar-refractivity contribution in [2.45, 2.75) is 18.7 Å². The van der Waals surface area contributed by atoms with Gasteiger partial charge in [0.15, 0.2) is 0 Å². The van der Waals surface area contributed by atoms with Crippen LogP contribution in [0, 0.1) is 13.8 Å². The van der Waals surface area contributed by atoms with Crippen LogP contribution in [-0.2, 0) is 10.1 Å². The Morgan fingerprint density at radius 3 is 1.68 bits per heavy atom. The van der Waals surface area contributed by atoms with E-state index >= 15 is 0 Å². The molecule has 0 spiro atoms. The summed E-state index contributed by atoms with van der Waals surface area (Å²) >= 11 is 0. The molecule has 3 rings (SSSR count). The normalized spacial score (nSPS) is 11.7. The first-order valence-electron chi connectivity index (χ1n) is 7.85. The Kier molecular flexibility index (Phi) is 5.05. The number of aryl methyl sites for hydroxylation is 2. The summed E-state index contributed by atoms with van der Waals surface area (Å²) < 4.78 is 35.0. The van der Waals surface area contributed by atoms with Crippen molar-refractivity contribution >= 4 is 34.0 Å². The zero-order valence-corrected chi connectivity index (χ0v) is 15.7. The molecule has 0 amide bonds. The van der Waals surface area contributed by atoms with Gasteiger partial charge in [0.25, 0.3) is 0 Å². The maximum Gasteiger partial charge on any atom is 0.124 e. The van der Waals surface area contributed by atoms with Crippen molar-refractivity contribution in [2.24, 2.45) is 0 Å². The summed E-state index contributed by atoms with van der Waals surface area (Å²) in [6, 6.07) is 23.4. The summed E-state index contributed by atoms with van der Waals surface area (Å²) in [6.07, 6.45) is 0. The van der Waals surface area contributed by atoms with Crippen molar-refractivity contribution in [3.63, 3.8) is 0 Å². The van der Waals surface area contributed by atoms with Crippen LogP contribution in [0.1, 0.15) is 11.1 Å². The number of hydrogen-bond acceptors (Lipinski definition) is 3. The molecule has 0 aliphatic heterocycles. The Morgan fingerprint density at radius 1 is 0.760 bits per heavy atom. The summed E-state index contributed by atoms with van der Waals surface area (Å²) in [7, 11) is -5.46. The lowest BCUT2D eigenvalue weighted by Crippen LogP contribution is -2.23. The third kappa shape index (κ3) is 3.82. The molecule has 0 aliphatic rings. The van der Waals surface area contributed by atoms with Gasteiger partial charge in [-0.1, -0.05) is 66.7 Å². The first-order chi connectivity index (χ1) is 11.9. The predicted octanol–water partition coefficient (Wildman–Crippen LogP) is 2.97. The third-order valence-corrected chi connectivity index (χ3v) is 7.60. The van der Waals surface area contributed by atoms with Crippen molar-refractivity contribution in [2.75, 3.05) is 0 Å². The molecule has 0 bridgehead atoms. The van der Waals surface area contributed by atoms with E-state index in [0.717, 1.165) is 21.5 Å². The summed E-state index contributed by atoms with van der Waals surface area (Å²) in [5.74, 6) is 0. The first-order valence-corrected chi connectivity index (χ1v) is 10.6. The Labute approximate surface area is 149 Å². The lowest BCUT2D eigenvalue weighted by Gasteiger charge is -2.23. The molecule has 5 heteroatoms. The highest BCUT2D eigenvalue weighted by molar-refractivity contribution is 7.86. The maximum atomic E-state index is 11.7. The van der Waals surface area contributed by atoms with Crippen LogP contribution >= 0.6 is 7.92 Å². The van der Waals surface area contributed by atoms with E-state index in [1.165, 1.54) is 0 Å². The van der Waals surface area contributed by atoms with Crippen LogP contribution in [0.5, 0.6) is 0 Å². The largest absolute Gasteiger partial charge is 0.744 e. The second-order valence-electron chi connectivity index (χ2n) is 5.86. The number of rotatable bonds is 4. The van der Waals surface area contributed by atoms with E-state index in [-0.39, 0.29) is 4.90 Å². The Balaban J connectivity index is 2.28. The first kappa shape index (κ1) is 17.8. The van der Waals surface area contributed by atoms with Gasteiger partial charge in [-0.15, -0.1) is 0 Å². The van der Waals surface area contributed by atoms with Crippen molar-refractivity contribution in [1.82, 2.24) is 0 Å². The van der Waals surface area contributed by atoms with E-state index in [0.29, 0.717) is 5.56 Å². The Hall–Kier alpha value is -2.00. The highest BCUT2D eigenvalue weighted by Crippen LogP contribution is 2.35. The quantitative estimate of drug-likeness (QED) is 0.525. The molecule has 128 valence electrons. The van der Waals surface area contributed by atoms with Crippen LogP contribution in [0.2, 0.25) is 0 Å². The van der Waals surface area contributed by atoms with Gasteiger partial charge in [-0.25, -0.2) is 8.42 Å². The molecule has 25 heavy (non-hydrogen) atoms. The fourth-order valence-electron chi connectivity index (χ4n) is 2.91. The van der Waals surface area contributed by atoms with Crippen LogP contribution < -0.4 is 15.9 Å². The summed E-state index contributed by atoms with van der Waals surface area (Å²) in [5.41, 5.74) is 1.48. The van der Waals surface area contributed by atoms with Crippen molar-refractivity contribution in [3.05, 3.63) is 83.9 Å². The molecule has 0 atom stereocenters. The number of hydrogen-bond donors (Lipinski definition) is 0. The monoisotopic (exact) mass is 369 g/mol. The van der Waals surface area contributed by atoms with E-state index in [1.54, 1.807) is 19.1 Å². The molecule has 0 unspecified atom stereocenters. The van der Waals surface area contributed by atoms with Gasteiger partial charge in [-0.3, -0.25) is 0 Å². The molecule has 0 aromatic heterocycles. The van der Waals surface area contributed by atoms with Crippen molar-refractivity contribution < 1.29 is 13.0 Å². The van der Waals surface area contributed by atoms with Crippen LogP contribution in [0.15, 0.2) is 77.7 Å². The molecular formula is C20H18O3PS-. The standard InChI is InChI=1S/C20H19O3PS/c1-15-13-16(2)20(25(21,22)23)14-19(15)24(17-9-5-3-6-10-17)18-11-7-4-8-12-18/h3-14H,1-2H3,(H,21,22,23)/p-1. The minimum absolute atomic E-state index is 0.132. The van der Waals surface area contributed by atoms with Crippen molar-refractivity contribution in [1.29, 1.82) is 0 Å². The zero-order valence-electron chi connectivity index (χ0n) is 14.0. The van der Waals surface area contributed by atoms with E-state index in [2.05, 4.69) is 0 Å². The van der Waals surface area contributed by atoms with Gasteiger partial charge in [0.1, 0.15) is 10.1 Å². The van der Waals surface area contributed by atoms with Gasteiger partial charge in [-0.05, 0) is 54.9 Å². The predicted molar refractivity (Wildman–Crippen MR) is 103 cm³/mol. The van der Waals surface area contributed by atoms with Crippen molar-refractivity contribution in [3.8, 4) is 0 Å². The van der Waals surface area contributed by atoms with Gasteiger partial charge in [0.05, 0.1) is 4.90 Å². The summed E-state index contributed by atoms with van der Waals surface area (Å²) in [5, 5.41) is 3.13. The lowest BCUT2D eigenvalue weighted by atomic mass is 10.2. The second kappa shape index (κ2) is 7.09. The molecule has 0 saturated heterocycles. The van der Waals surface area contributed by atoms with Crippen LogP contribution in [-0.4, -0.2) is 13.0 Å². The molecule has 0 radical (unpaired) electrons. The third-order valence-electron chi connectivity index (χ3n) is 4.03. The SMILES string of the molecule is Cc1cc(C)c(S(=O)(=O)[O-])cc1P(c1ccccc1)c1ccccc1. The number of benzene rings is 3. The summed E-state index contributed by atoms with van der Waals surface area (Å²) in [6.45, 7) is 3.62. The van der Waals surface area contributed by atoms with Gasteiger partial charge >= 0.3 is 0 Å². The van der Waals surface area contributed by atoms with E-state index < -0.39 is 18.0 Å². The Morgan fingerprint density at radius 2 is 1.24 bits per heavy atom. The molecule has 3 nitrogen and oxygen atoms in total. The average Bonchev–Trinajstić information content (AvgIpc) is 2.58. The van der Waals surface area contributed by atoms with Crippen LogP contribution in [0.25, 0.3) is 0 Å². The van der Waals surface area contributed by atoms with Gasteiger partial charge in [-0.2, -0.15) is 0 Å². The topological polar surface area (TPSA) is 57.2 Å². The highest BCUT2D eigenvalue weighted by Gasteiger charge is 2.20.